The largest absolute Gasteiger partial charge is 0.491 e. The van der Waals surface area contributed by atoms with Crippen LogP contribution in [-0.2, 0) is 0 Å². The van der Waals surface area contributed by atoms with E-state index in [2.05, 4.69) is 19.1 Å². The zero-order valence-corrected chi connectivity index (χ0v) is 10.6. The number of ether oxygens (including phenoxy) is 1. The number of hydrogen-bond donors (Lipinski definition) is 0. The third kappa shape index (κ3) is 3.75. The molecule has 1 nitrogen and oxygen atoms in total. The van der Waals surface area contributed by atoms with Gasteiger partial charge in [-0.1, -0.05) is 19.1 Å². The smallest absolute Gasteiger partial charge is 0.119 e. The Balaban J connectivity index is 2.72. The van der Waals surface area contributed by atoms with E-state index in [1.54, 1.807) is 0 Å². The van der Waals surface area contributed by atoms with Crippen LogP contribution >= 0.6 is 11.6 Å². The molecule has 0 radical (unpaired) electrons. The van der Waals surface area contributed by atoms with Crippen LogP contribution in [0.15, 0.2) is 24.3 Å². The first-order chi connectivity index (χ1) is 7.00. The Morgan fingerprint density at radius 1 is 1.00 bits per heavy atom. The molecule has 0 aliphatic rings. The Morgan fingerprint density at radius 2 is 1.53 bits per heavy atom. The molecule has 1 aromatic rings. The van der Waals surface area contributed by atoms with Crippen molar-refractivity contribution in [2.24, 2.45) is 0 Å². The molecule has 2 unspecified atom stereocenters. The van der Waals surface area contributed by atoms with Crippen molar-refractivity contribution in [3.8, 4) is 5.75 Å². The molecule has 0 aliphatic carbocycles. The highest BCUT2D eigenvalue weighted by molar-refractivity contribution is 6.20. The molecule has 0 spiro atoms. The van der Waals surface area contributed by atoms with E-state index in [0.717, 1.165) is 5.75 Å². The summed E-state index contributed by atoms with van der Waals surface area (Å²) < 4.78 is 5.58. The zero-order chi connectivity index (χ0) is 11.4. The van der Waals surface area contributed by atoms with Gasteiger partial charge in [0, 0.05) is 5.38 Å². The fraction of sp³-hybridized carbons (Fsp3) is 0.538. The van der Waals surface area contributed by atoms with E-state index in [-0.39, 0.29) is 11.5 Å². The van der Waals surface area contributed by atoms with Gasteiger partial charge >= 0.3 is 0 Å². The maximum absolute atomic E-state index is 6.06. The summed E-state index contributed by atoms with van der Waals surface area (Å²) in [6.45, 7) is 8.20. The molecule has 0 N–H and O–H groups in total. The normalized spacial score (nSPS) is 15.1. The lowest BCUT2D eigenvalue weighted by Crippen LogP contribution is -2.07. The van der Waals surface area contributed by atoms with Crippen LogP contribution in [0.4, 0.5) is 0 Å². The quantitative estimate of drug-likeness (QED) is 0.699. The van der Waals surface area contributed by atoms with Crippen molar-refractivity contribution in [1.29, 1.82) is 0 Å². The van der Waals surface area contributed by atoms with Gasteiger partial charge in [-0.2, -0.15) is 0 Å². The molecule has 1 rings (SSSR count). The van der Waals surface area contributed by atoms with Crippen molar-refractivity contribution in [3.05, 3.63) is 29.8 Å². The van der Waals surface area contributed by atoms with Crippen molar-refractivity contribution in [3.63, 3.8) is 0 Å². The average molecular weight is 227 g/mol. The van der Waals surface area contributed by atoms with Crippen LogP contribution in [0.2, 0.25) is 0 Å². The minimum atomic E-state index is 0.155. The minimum absolute atomic E-state index is 0.155. The Kier molecular flexibility index (Phi) is 4.46. The highest BCUT2D eigenvalue weighted by Gasteiger charge is 2.11. The maximum Gasteiger partial charge on any atom is 0.119 e. The maximum atomic E-state index is 6.06. The predicted molar refractivity (Wildman–Crippen MR) is 65.9 cm³/mol. The van der Waals surface area contributed by atoms with Crippen LogP contribution in [-0.4, -0.2) is 11.5 Å². The van der Waals surface area contributed by atoms with Crippen LogP contribution in [0.5, 0.6) is 5.75 Å². The minimum Gasteiger partial charge on any atom is -0.491 e. The average Bonchev–Trinajstić information content (AvgIpc) is 2.17. The number of hydrogen-bond acceptors (Lipinski definition) is 1. The summed E-state index contributed by atoms with van der Waals surface area (Å²) in [5.41, 5.74) is 1.26. The number of alkyl halides is 1. The van der Waals surface area contributed by atoms with E-state index in [9.17, 15) is 0 Å². The molecule has 1 aromatic carbocycles. The molecule has 0 aromatic heterocycles. The molecule has 0 heterocycles. The molecular formula is C13H19ClO. The van der Waals surface area contributed by atoms with Gasteiger partial charge in [0.25, 0.3) is 0 Å². The third-order valence-electron chi connectivity index (χ3n) is 2.47. The van der Waals surface area contributed by atoms with Gasteiger partial charge in [-0.05, 0) is 44.4 Å². The van der Waals surface area contributed by atoms with Crippen LogP contribution in [0.3, 0.4) is 0 Å². The Morgan fingerprint density at radius 3 is 1.93 bits per heavy atom. The van der Waals surface area contributed by atoms with Crippen LogP contribution in [0.1, 0.15) is 39.2 Å². The molecular weight excluding hydrogens is 208 g/mol. The van der Waals surface area contributed by atoms with Crippen LogP contribution in [0.25, 0.3) is 0 Å². The molecule has 0 saturated carbocycles. The summed E-state index contributed by atoms with van der Waals surface area (Å²) in [5, 5.41) is 0.155. The van der Waals surface area contributed by atoms with Crippen LogP contribution < -0.4 is 4.74 Å². The van der Waals surface area contributed by atoms with Crippen molar-refractivity contribution < 1.29 is 4.74 Å². The molecule has 0 saturated heterocycles. The van der Waals surface area contributed by atoms with Crippen LogP contribution in [0, 0.1) is 0 Å². The van der Waals surface area contributed by atoms with Crippen molar-refractivity contribution in [2.75, 3.05) is 0 Å². The van der Waals surface area contributed by atoms with E-state index < -0.39 is 0 Å². The molecule has 0 amide bonds. The van der Waals surface area contributed by atoms with Gasteiger partial charge in [-0.15, -0.1) is 11.6 Å². The molecule has 0 aliphatic heterocycles. The second-order valence-corrected chi connectivity index (χ2v) is 4.89. The first-order valence-corrected chi connectivity index (χ1v) is 5.85. The van der Waals surface area contributed by atoms with Gasteiger partial charge in [-0.25, -0.2) is 0 Å². The van der Waals surface area contributed by atoms with Gasteiger partial charge in [-0.3, -0.25) is 0 Å². The first kappa shape index (κ1) is 12.4. The monoisotopic (exact) mass is 226 g/mol. The summed E-state index contributed by atoms with van der Waals surface area (Å²) in [6, 6.07) is 8.18. The molecule has 84 valence electrons. The third-order valence-corrected chi connectivity index (χ3v) is 2.84. The molecule has 0 bridgehead atoms. The van der Waals surface area contributed by atoms with E-state index in [1.165, 1.54) is 5.56 Å². The topological polar surface area (TPSA) is 9.23 Å². The highest BCUT2D eigenvalue weighted by Crippen LogP contribution is 2.25. The molecule has 2 atom stereocenters. The highest BCUT2D eigenvalue weighted by atomic mass is 35.5. The number of benzene rings is 1. The van der Waals surface area contributed by atoms with Crippen molar-refractivity contribution in [2.45, 2.75) is 45.1 Å². The molecule has 0 fully saturated rings. The summed E-state index contributed by atoms with van der Waals surface area (Å²) in [5.74, 6) is 1.29. The SMILES string of the molecule is CC(C)Oc1ccc(C(C)C(C)Cl)cc1. The second kappa shape index (κ2) is 5.41. The second-order valence-electron chi connectivity index (χ2n) is 4.20. The van der Waals surface area contributed by atoms with Gasteiger partial charge < -0.3 is 4.74 Å². The van der Waals surface area contributed by atoms with Crippen molar-refractivity contribution in [1.82, 2.24) is 0 Å². The fourth-order valence-corrected chi connectivity index (χ4v) is 1.53. The Bertz CT molecular complexity index is 290. The van der Waals surface area contributed by atoms with E-state index in [0.29, 0.717) is 5.92 Å². The Labute approximate surface area is 97.4 Å². The molecule has 2 heteroatoms. The lowest BCUT2D eigenvalue weighted by molar-refractivity contribution is 0.242. The van der Waals surface area contributed by atoms with Crippen molar-refractivity contribution >= 4 is 11.6 Å². The lowest BCUT2D eigenvalue weighted by Gasteiger charge is -2.15. The summed E-state index contributed by atoms with van der Waals surface area (Å²) >= 11 is 6.06. The van der Waals surface area contributed by atoms with Gasteiger partial charge in [0.05, 0.1) is 6.10 Å². The first-order valence-electron chi connectivity index (χ1n) is 5.41. The Hall–Kier alpha value is -0.690. The fourth-order valence-electron chi connectivity index (χ4n) is 1.39. The lowest BCUT2D eigenvalue weighted by atomic mass is 9.98. The number of halogens is 1. The summed E-state index contributed by atoms with van der Waals surface area (Å²) in [7, 11) is 0. The van der Waals surface area contributed by atoms with Gasteiger partial charge in [0.2, 0.25) is 0 Å². The molecule has 15 heavy (non-hydrogen) atoms. The van der Waals surface area contributed by atoms with Gasteiger partial charge in [0.15, 0.2) is 0 Å². The summed E-state index contributed by atoms with van der Waals surface area (Å²) in [6.07, 6.45) is 0.222. The van der Waals surface area contributed by atoms with Gasteiger partial charge in [0.1, 0.15) is 5.75 Å². The summed E-state index contributed by atoms with van der Waals surface area (Å²) in [4.78, 5) is 0. The predicted octanol–water partition coefficient (Wildman–Crippen LogP) is 4.20. The van der Waals surface area contributed by atoms with E-state index >= 15 is 0 Å². The van der Waals surface area contributed by atoms with E-state index in [1.807, 2.05) is 32.9 Å². The zero-order valence-electron chi connectivity index (χ0n) is 9.83. The van der Waals surface area contributed by atoms with E-state index in [4.69, 9.17) is 16.3 Å². The number of rotatable bonds is 4. The standard InChI is InChI=1S/C13H19ClO/c1-9(2)15-13-7-5-12(6-8-13)10(3)11(4)14/h5-11H,1-4H3.